The largest absolute Gasteiger partial charge is 0.484 e. The predicted molar refractivity (Wildman–Crippen MR) is 67.1 cm³/mol. The maximum Gasteiger partial charge on any atom is 0.324 e. The highest BCUT2D eigenvalue weighted by Crippen LogP contribution is 2.26. The quantitative estimate of drug-likeness (QED) is 0.925. The summed E-state index contributed by atoms with van der Waals surface area (Å²) in [6, 6.07) is 4.30. The van der Waals surface area contributed by atoms with Gasteiger partial charge in [0.1, 0.15) is 5.75 Å². The molecule has 1 N–H and O–H groups in total. The van der Waals surface area contributed by atoms with Crippen LogP contribution in [-0.2, 0) is 4.79 Å². The molecule has 0 saturated carbocycles. The molecule has 5 nitrogen and oxygen atoms in total. The summed E-state index contributed by atoms with van der Waals surface area (Å²) in [5.74, 6) is 0.0356. The lowest BCUT2D eigenvalue weighted by Crippen LogP contribution is -2.37. The number of imide groups is 1. The standard InChI is InChI=1S/C11H10Cl2N2O3/c12-8-2-1-7(5-9(8)13)18-6-10(16)15-4-3-14-11(15)17/h1-2,5H,3-4,6H2,(H,14,17). The van der Waals surface area contributed by atoms with E-state index in [1.165, 1.54) is 6.07 Å². The highest BCUT2D eigenvalue weighted by atomic mass is 35.5. The van der Waals surface area contributed by atoms with Gasteiger partial charge in [-0.15, -0.1) is 0 Å². The van der Waals surface area contributed by atoms with Crippen molar-refractivity contribution in [2.45, 2.75) is 0 Å². The molecule has 3 amide bonds. The van der Waals surface area contributed by atoms with Crippen LogP contribution in [-0.4, -0.2) is 36.5 Å². The number of urea groups is 1. The Bertz CT molecular complexity index is 493. The van der Waals surface area contributed by atoms with Crippen LogP contribution in [0.2, 0.25) is 10.0 Å². The van der Waals surface area contributed by atoms with Crippen LogP contribution in [0, 0.1) is 0 Å². The molecule has 0 spiro atoms. The summed E-state index contributed by atoms with van der Waals surface area (Å²) in [7, 11) is 0. The fraction of sp³-hybridized carbons (Fsp3) is 0.273. The van der Waals surface area contributed by atoms with Gasteiger partial charge in [0.05, 0.1) is 10.0 Å². The number of nitrogens with zero attached hydrogens (tertiary/aromatic N) is 1. The third-order valence-corrected chi connectivity index (χ3v) is 3.15. The van der Waals surface area contributed by atoms with E-state index in [-0.39, 0.29) is 6.61 Å². The first-order valence-corrected chi connectivity index (χ1v) is 5.99. The fourth-order valence-electron chi connectivity index (χ4n) is 1.50. The molecule has 1 aliphatic rings. The van der Waals surface area contributed by atoms with Crippen molar-refractivity contribution in [3.63, 3.8) is 0 Å². The van der Waals surface area contributed by atoms with E-state index >= 15 is 0 Å². The summed E-state index contributed by atoms with van der Waals surface area (Å²) in [6.45, 7) is 0.616. The van der Waals surface area contributed by atoms with Gasteiger partial charge in [0.15, 0.2) is 6.61 Å². The number of hydrogen-bond acceptors (Lipinski definition) is 3. The summed E-state index contributed by atoms with van der Waals surface area (Å²) < 4.78 is 5.25. The minimum Gasteiger partial charge on any atom is -0.484 e. The molecule has 1 aromatic rings. The van der Waals surface area contributed by atoms with E-state index in [0.717, 1.165) is 4.90 Å². The van der Waals surface area contributed by atoms with Crippen LogP contribution in [0.4, 0.5) is 4.79 Å². The highest BCUT2D eigenvalue weighted by molar-refractivity contribution is 6.42. The Kier molecular flexibility index (Phi) is 3.93. The van der Waals surface area contributed by atoms with Crippen molar-refractivity contribution in [1.82, 2.24) is 10.2 Å². The van der Waals surface area contributed by atoms with Crippen molar-refractivity contribution in [3.8, 4) is 5.75 Å². The third kappa shape index (κ3) is 2.86. The van der Waals surface area contributed by atoms with E-state index in [4.69, 9.17) is 27.9 Å². The number of carbonyl (C=O) groups is 2. The maximum absolute atomic E-state index is 11.7. The van der Waals surface area contributed by atoms with Crippen molar-refractivity contribution < 1.29 is 14.3 Å². The lowest BCUT2D eigenvalue weighted by Gasteiger charge is -2.13. The molecule has 0 bridgehead atoms. The van der Waals surface area contributed by atoms with Gasteiger partial charge < -0.3 is 10.1 Å². The van der Waals surface area contributed by atoms with Gasteiger partial charge in [0.25, 0.3) is 5.91 Å². The second kappa shape index (κ2) is 5.46. The Morgan fingerprint density at radius 2 is 2.17 bits per heavy atom. The lowest BCUT2D eigenvalue weighted by atomic mass is 10.3. The minimum atomic E-state index is -0.393. The molecule has 1 fully saturated rings. The molecule has 96 valence electrons. The predicted octanol–water partition coefficient (Wildman–Crippen LogP) is 1.92. The van der Waals surface area contributed by atoms with E-state index in [2.05, 4.69) is 5.32 Å². The number of amides is 3. The first-order chi connectivity index (χ1) is 8.58. The summed E-state index contributed by atoms with van der Waals surface area (Å²) in [5.41, 5.74) is 0. The number of rotatable bonds is 3. The van der Waals surface area contributed by atoms with Crippen molar-refractivity contribution in [2.24, 2.45) is 0 Å². The van der Waals surface area contributed by atoms with Gasteiger partial charge >= 0.3 is 6.03 Å². The lowest BCUT2D eigenvalue weighted by molar-refractivity contribution is -0.129. The van der Waals surface area contributed by atoms with Gasteiger partial charge in [-0.2, -0.15) is 0 Å². The number of benzene rings is 1. The summed E-state index contributed by atoms with van der Waals surface area (Å²) in [6.07, 6.45) is 0. The normalized spacial score (nSPS) is 14.6. The van der Waals surface area contributed by atoms with Gasteiger partial charge in [0, 0.05) is 19.2 Å². The number of halogens is 2. The van der Waals surface area contributed by atoms with Crippen molar-refractivity contribution >= 4 is 35.1 Å². The summed E-state index contributed by atoms with van der Waals surface area (Å²) >= 11 is 11.6. The van der Waals surface area contributed by atoms with E-state index in [1.54, 1.807) is 12.1 Å². The first kappa shape index (κ1) is 13.0. The van der Waals surface area contributed by atoms with Crippen LogP contribution in [0.15, 0.2) is 18.2 Å². The first-order valence-electron chi connectivity index (χ1n) is 5.24. The molecular weight excluding hydrogens is 279 g/mol. The van der Waals surface area contributed by atoms with Gasteiger partial charge in [0.2, 0.25) is 0 Å². The van der Waals surface area contributed by atoms with Gasteiger partial charge in [-0.3, -0.25) is 9.69 Å². The third-order valence-electron chi connectivity index (χ3n) is 2.41. The molecule has 18 heavy (non-hydrogen) atoms. The Hall–Kier alpha value is -1.46. The van der Waals surface area contributed by atoms with Gasteiger partial charge in [-0.05, 0) is 12.1 Å². The van der Waals surface area contributed by atoms with E-state index < -0.39 is 11.9 Å². The van der Waals surface area contributed by atoms with Crippen LogP contribution >= 0.6 is 23.2 Å². The number of ether oxygens (including phenoxy) is 1. The number of carbonyl (C=O) groups excluding carboxylic acids is 2. The highest BCUT2D eigenvalue weighted by Gasteiger charge is 2.26. The molecule has 7 heteroatoms. The van der Waals surface area contributed by atoms with Gasteiger partial charge in [-0.25, -0.2) is 4.79 Å². The molecule has 1 saturated heterocycles. The number of nitrogens with one attached hydrogen (secondary N) is 1. The Balaban J connectivity index is 1.93. The molecule has 0 aliphatic carbocycles. The Labute approximate surface area is 114 Å². The maximum atomic E-state index is 11.7. The second-order valence-electron chi connectivity index (χ2n) is 3.64. The smallest absolute Gasteiger partial charge is 0.324 e. The van der Waals surface area contributed by atoms with E-state index in [0.29, 0.717) is 28.9 Å². The Morgan fingerprint density at radius 3 is 2.78 bits per heavy atom. The zero-order valence-electron chi connectivity index (χ0n) is 9.28. The van der Waals surface area contributed by atoms with Crippen molar-refractivity contribution in [3.05, 3.63) is 28.2 Å². The van der Waals surface area contributed by atoms with Gasteiger partial charge in [-0.1, -0.05) is 23.2 Å². The molecular formula is C11H10Cl2N2O3. The molecule has 0 unspecified atom stereocenters. The van der Waals surface area contributed by atoms with Crippen molar-refractivity contribution in [1.29, 1.82) is 0 Å². The van der Waals surface area contributed by atoms with Crippen LogP contribution in [0.25, 0.3) is 0 Å². The van der Waals surface area contributed by atoms with Crippen LogP contribution < -0.4 is 10.1 Å². The summed E-state index contributed by atoms with van der Waals surface area (Å²) in [4.78, 5) is 24.0. The van der Waals surface area contributed by atoms with Crippen LogP contribution in [0.5, 0.6) is 5.75 Å². The second-order valence-corrected chi connectivity index (χ2v) is 4.46. The average Bonchev–Trinajstić information content (AvgIpc) is 2.77. The van der Waals surface area contributed by atoms with Crippen LogP contribution in [0.3, 0.4) is 0 Å². The average molecular weight is 289 g/mol. The monoisotopic (exact) mass is 288 g/mol. The Morgan fingerprint density at radius 1 is 1.39 bits per heavy atom. The number of hydrogen-bond donors (Lipinski definition) is 1. The van der Waals surface area contributed by atoms with Crippen molar-refractivity contribution in [2.75, 3.05) is 19.7 Å². The SMILES string of the molecule is O=C(COc1ccc(Cl)c(Cl)c1)N1CCNC1=O. The molecule has 2 rings (SSSR count). The van der Waals surface area contributed by atoms with Crippen LogP contribution in [0.1, 0.15) is 0 Å². The molecule has 0 atom stereocenters. The molecule has 0 aromatic heterocycles. The van der Waals surface area contributed by atoms with E-state index in [9.17, 15) is 9.59 Å². The molecule has 1 aromatic carbocycles. The molecule has 1 aliphatic heterocycles. The fourth-order valence-corrected chi connectivity index (χ4v) is 1.79. The summed E-state index contributed by atoms with van der Waals surface area (Å²) in [5, 5.41) is 3.30. The zero-order chi connectivity index (χ0) is 13.1. The topological polar surface area (TPSA) is 58.6 Å². The van der Waals surface area contributed by atoms with E-state index in [1.807, 2.05) is 0 Å². The minimum absolute atomic E-state index is 0.217. The zero-order valence-corrected chi connectivity index (χ0v) is 10.8. The molecule has 0 radical (unpaired) electrons. The molecule has 1 heterocycles.